The molecule has 2 aliphatic rings. The molecule has 2 aromatic carbocycles. The number of Topliss-reactive ketones (excluding diaryl/α,β-unsaturated/α-hetero) is 1. The van der Waals surface area contributed by atoms with E-state index in [1.54, 1.807) is 0 Å². The molecule has 1 aliphatic carbocycles. The van der Waals surface area contributed by atoms with Crippen LogP contribution in [0.2, 0.25) is 0 Å². The fourth-order valence-electron chi connectivity index (χ4n) is 4.74. The highest BCUT2D eigenvalue weighted by Crippen LogP contribution is 2.48. The maximum absolute atomic E-state index is 13.6. The second kappa shape index (κ2) is 8.45. The number of allylic oxidation sites excluding steroid dienone is 1. The molecule has 0 saturated heterocycles. The first-order valence-corrected chi connectivity index (χ1v) is 11.4. The SMILES string of the molecule is CCOc1ccc([C@@H]2C3=C(CC(C)(C)CC3=O)Nc3ccccc3N2C(=O)C(C)C)cc1. The second-order valence-corrected chi connectivity index (χ2v) is 9.74. The molecule has 0 spiro atoms. The third kappa shape index (κ3) is 4.04. The van der Waals surface area contributed by atoms with E-state index in [9.17, 15) is 9.59 Å². The van der Waals surface area contributed by atoms with Crippen molar-refractivity contribution in [2.75, 3.05) is 16.8 Å². The molecule has 1 amide bonds. The van der Waals surface area contributed by atoms with Crippen molar-refractivity contribution in [1.29, 1.82) is 0 Å². The molecule has 5 heteroatoms. The molecular formula is C27H32N2O3. The minimum absolute atomic E-state index is 0.00971. The normalized spacial score (nSPS) is 19.8. The molecule has 2 aromatic rings. The number of hydrogen-bond donors (Lipinski definition) is 1. The lowest BCUT2D eigenvalue weighted by Crippen LogP contribution is -2.41. The lowest BCUT2D eigenvalue weighted by molar-refractivity contribution is -0.122. The minimum Gasteiger partial charge on any atom is -0.494 e. The van der Waals surface area contributed by atoms with Crippen LogP contribution < -0.4 is 15.0 Å². The number of hydrogen-bond acceptors (Lipinski definition) is 4. The molecule has 0 bridgehead atoms. The van der Waals surface area contributed by atoms with Crippen LogP contribution in [0.4, 0.5) is 11.4 Å². The Kier molecular flexibility index (Phi) is 5.85. The molecule has 32 heavy (non-hydrogen) atoms. The van der Waals surface area contributed by atoms with Gasteiger partial charge in [-0.15, -0.1) is 0 Å². The van der Waals surface area contributed by atoms with E-state index in [1.807, 2.05) is 74.2 Å². The predicted molar refractivity (Wildman–Crippen MR) is 128 cm³/mol. The standard InChI is InChI=1S/C27H32N2O3/c1-6-32-19-13-11-18(12-14-19)25-24-21(15-27(4,5)16-23(24)30)28-20-9-7-8-10-22(20)29(25)26(31)17(2)3/h7-14,17,25,28H,6,15-16H2,1-5H3/t25-/m1/s1. The van der Waals surface area contributed by atoms with Crippen LogP contribution >= 0.6 is 0 Å². The number of fused-ring (bicyclic) bond motifs is 1. The molecule has 1 atom stereocenters. The molecule has 0 saturated carbocycles. The van der Waals surface area contributed by atoms with E-state index in [1.165, 1.54) is 0 Å². The fourth-order valence-corrected chi connectivity index (χ4v) is 4.74. The number of nitrogens with zero attached hydrogens (tertiary/aromatic N) is 1. The van der Waals surface area contributed by atoms with Crippen LogP contribution in [0, 0.1) is 11.3 Å². The van der Waals surface area contributed by atoms with Gasteiger partial charge in [0.25, 0.3) is 0 Å². The van der Waals surface area contributed by atoms with Gasteiger partial charge in [-0.05, 0) is 48.6 Å². The Hall–Kier alpha value is -3.08. The van der Waals surface area contributed by atoms with Gasteiger partial charge < -0.3 is 10.1 Å². The zero-order valence-electron chi connectivity index (χ0n) is 19.6. The van der Waals surface area contributed by atoms with Crippen LogP contribution in [0.5, 0.6) is 5.75 Å². The van der Waals surface area contributed by atoms with Crippen molar-refractivity contribution in [3.63, 3.8) is 0 Å². The Bertz CT molecular complexity index is 1070. The topological polar surface area (TPSA) is 58.6 Å². The quantitative estimate of drug-likeness (QED) is 0.655. The van der Waals surface area contributed by atoms with Crippen LogP contribution in [0.3, 0.4) is 0 Å². The zero-order valence-corrected chi connectivity index (χ0v) is 19.6. The number of amides is 1. The number of rotatable bonds is 4. The number of carbonyl (C=O) groups excluding carboxylic acids is 2. The van der Waals surface area contributed by atoms with Gasteiger partial charge in [-0.1, -0.05) is 52.0 Å². The average molecular weight is 433 g/mol. The van der Waals surface area contributed by atoms with E-state index < -0.39 is 6.04 Å². The number of ether oxygens (including phenoxy) is 1. The summed E-state index contributed by atoms with van der Waals surface area (Å²) in [6.07, 6.45) is 1.21. The molecule has 0 aromatic heterocycles. The van der Waals surface area contributed by atoms with Crippen LogP contribution in [0.15, 0.2) is 59.8 Å². The molecule has 1 heterocycles. The van der Waals surface area contributed by atoms with Gasteiger partial charge in [-0.25, -0.2) is 0 Å². The van der Waals surface area contributed by atoms with E-state index in [0.29, 0.717) is 18.6 Å². The summed E-state index contributed by atoms with van der Waals surface area (Å²) in [6, 6.07) is 15.1. The van der Waals surface area contributed by atoms with Crippen LogP contribution in [-0.4, -0.2) is 18.3 Å². The highest BCUT2D eigenvalue weighted by Gasteiger charge is 2.43. The summed E-state index contributed by atoms with van der Waals surface area (Å²) >= 11 is 0. The van der Waals surface area contributed by atoms with E-state index in [4.69, 9.17) is 4.74 Å². The van der Waals surface area contributed by atoms with Gasteiger partial charge in [0.1, 0.15) is 5.75 Å². The Labute approximate surface area is 190 Å². The van der Waals surface area contributed by atoms with Crippen molar-refractivity contribution < 1.29 is 14.3 Å². The van der Waals surface area contributed by atoms with Crippen LogP contribution in [0.1, 0.15) is 59.1 Å². The summed E-state index contributed by atoms with van der Waals surface area (Å²) in [7, 11) is 0. The second-order valence-electron chi connectivity index (χ2n) is 9.74. The Morgan fingerprint density at radius 1 is 1.12 bits per heavy atom. The van der Waals surface area contributed by atoms with Gasteiger partial charge in [0.05, 0.1) is 24.0 Å². The maximum Gasteiger partial charge on any atom is 0.230 e. The van der Waals surface area contributed by atoms with Crippen molar-refractivity contribution in [2.45, 2.75) is 53.5 Å². The summed E-state index contributed by atoms with van der Waals surface area (Å²) in [5, 5.41) is 3.54. The molecule has 5 nitrogen and oxygen atoms in total. The summed E-state index contributed by atoms with van der Waals surface area (Å²) in [5.41, 5.74) is 4.02. The lowest BCUT2D eigenvalue weighted by Gasteiger charge is -2.37. The summed E-state index contributed by atoms with van der Waals surface area (Å²) in [4.78, 5) is 29.0. The van der Waals surface area contributed by atoms with Gasteiger partial charge in [0.15, 0.2) is 5.78 Å². The molecule has 0 unspecified atom stereocenters. The van der Waals surface area contributed by atoms with E-state index >= 15 is 0 Å². The minimum atomic E-state index is -0.490. The summed E-state index contributed by atoms with van der Waals surface area (Å²) in [6.45, 7) is 10.6. The van der Waals surface area contributed by atoms with Gasteiger partial charge in [0.2, 0.25) is 5.91 Å². The first-order chi connectivity index (χ1) is 15.2. The van der Waals surface area contributed by atoms with Gasteiger partial charge in [0, 0.05) is 23.6 Å². The van der Waals surface area contributed by atoms with Crippen molar-refractivity contribution in [3.8, 4) is 5.75 Å². The number of ketones is 1. The summed E-state index contributed by atoms with van der Waals surface area (Å²) in [5.74, 6) is 0.641. The highest BCUT2D eigenvalue weighted by molar-refractivity contribution is 6.06. The number of benzene rings is 2. The molecule has 168 valence electrons. The van der Waals surface area contributed by atoms with Gasteiger partial charge >= 0.3 is 0 Å². The maximum atomic E-state index is 13.6. The number of nitrogens with one attached hydrogen (secondary N) is 1. The first kappa shape index (κ1) is 22.1. The van der Waals surface area contributed by atoms with Gasteiger partial charge in [-0.3, -0.25) is 14.5 Å². The van der Waals surface area contributed by atoms with Crippen molar-refractivity contribution in [2.24, 2.45) is 11.3 Å². The van der Waals surface area contributed by atoms with E-state index in [2.05, 4.69) is 19.2 Å². The molecule has 0 fully saturated rings. The zero-order chi connectivity index (χ0) is 23.0. The van der Waals surface area contributed by atoms with Crippen molar-refractivity contribution >= 4 is 23.1 Å². The third-order valence-corrected chi connectivity index (χ3v) is 6.14. The highest BCUT2D eigenvalue weighted by atomic mass is 16.5. The predicted octanol–water partition coefficient (Wildman–Crippen LogP) is 5.88. The largest absolute Gasteiger partial charge is 0.494 e. The number of anilines is 2. The average Bonchev–Trinajstić information content (AvgIpc) is 2.87. The molecule has 0 radical (unpaired) electrons. The Morgan fingerprint density at radius 2 is 1.81 bits per heavy atom. The number of carbonyl (C=O) groups is 2. The molecule has 1 aliphatic heterocycles. The Morgan fingerprint density at radius 3 is 2.47 bits per heavy atom. The molecule has 1 N–H and O–H groups in total. The smallest absolute Gasteiger partial charge is 0.230 e. The van der Waals surface area contributed by atoms with E-state index in [-0.39, 0.29) is 23.0 Å². The summed E-state index contributed by atoms with van der Waals surface area (Å²) < 4.78 is 5.62. The Balaban J connectivity index is 1.96. The van der Waals surface area contributed by atoms with Crippen LogP contribution in [0.25, 0.3) is 0 Å². The molecule has 4 rings (SSSR count). The first-order valence-electron chi connectivity index (χ1n) is 11.4. The van der Waals surface area contributed by atoms with Gasteiger partial charge in [-0.2, -0.15) is 0 Å². The number of para-hydroxylation sites is 2. The van der Waals surface area contributed by atoms with Crippen molar-refractivity contribution in [1.82, 2.24) is 0 Å². The monoisotopic (exact) mass is 432 g/mol. The van der Waals surface area contributed by atoms with Crippen molar-refractivity contribution in [3.05, 3.63) is 65.4 Å². The fraction of sp³-hybridized carbons (Fsp3) is 0.407. The van der Waals surface area contributed by atoms with Crippen LogP contribution in [-0.2, 0) is 9.59 Å². The molecular weight excluding hydrogens is 400 g/mol. The van der Waals surface area contributed by atoms with E-state index in [0.717, 1.165) is 34.8 Å². The lowest BCUT2D eigenvalue weighted by atomic mass is 9.73. The third-order valence-electron chi connectivity index (χ3n) is 6.14.